The van der Waals surface area contributed by atoms with Gasteiger partial charge in [-0.1, -0.05) is 23.2 Å². The normalized spacial score (nSPS) is 12.3. The monoisotopic (exact) mass is 253 g/mol. The molecule has 0 aliphatic carbocycles. The first-order valence-electron chi connectivity index (χ1n) is 3.83. The largest absolute Gasteiger partial charge is 0.479 e. The molecule has 1 heterocycles. The van der Waals surface area contributed by atoms with Gasteiger partial charge in [-0.05, 0) is 13.0 Å². The lowest BCUT2D eigenvalue weighted by atomic mass is 10.4. The maximum Gasteiger partial charge on any atom is 0.344 e. The van der Waals surface area contributed by atoms with Gasteiger partial charge in [0, 0.05) is 0 Å². The van der Waals surface area contributed by atoms with Crippen LogP contribution in [-0.2, 0) is 4.79 Å². The zero-order valence-corrected chi connectivity index (χ0v) is 9.01. The Labute approximate surface area is 94.6 Å². The number of carboxylic acid groups (broad SMARTS) is 1. The predicted molar refractivity (Wildman–Crippen MR) is 51.9 cm³/mol. The van der Waals surface area contributed by atoms with Crippen molar-refractivity contribution in [2.45, 2.75) is 13.0 Å². The summed E-state index contributed by atoms with van der Waals surface area (Å²) in [4.78, 5) is 13.7. The van der Waals surface area contributed by atoms with Crippen LogP contribution in [0.1, 0.15) is 6.92 Å². The van der Waals surface area contributed by atoms with Crippen LogP contribution in [0.15, 0.2) is 6.07 Å². The van der Waals surface area contributed by atoms with Gasteiger partial charge in [0.05, 0.1) is 5.02 Å². The minimum Gasteiger partial charge on any atom is -0.479 e. The Morgan fingerprint density at radius 1 is 1.60 bits per heavy atom. The Bertz CT molecular complexity index is 400. The van der Waals surface area contributed by atoms with Gasteiger partial charge >= 0.3 is 5.97 Å². The van der Waals surface area contributed by atoms with Gasteiger partial charge < -0.3 is 9.84 Å². The van der Waals surface area contributed by atoms with Crippen molar-refractivity contribution in [1.82, 2.24) is 4.98 Å². The molecule has 0 saturated carbocycles. The maximum atomic E-state index is 12.9. The third-order valence-electron chi connectivity index (χ3n) is 1.49. The lowest BCUT2D eigenvalue weighted by Gasteiger charge is -2.10. The molecule has 0 amide bonds. The summed E-state index contributed by atoms with van der Waals surface area (Å²) in [6.45, 7) is 1.27. The second-order valence-electron chi connectivity index (χ2n) is 2.65. The summed E-state index contributed by atoms with van der Waals surface area (Å²) in [5.41, 5.74) is 0. The number of hydrogen-bond acceptors (Lipinski definition) is 3. The van der Waals surface area contributed by atoms with E-state index in [9.17, 15) is 9.18 Å². The van der Waals surface area contributed by atoms with Crippen molar-refractivity contribution in [2.24, 2.45) is 0 Å². The highest BCUT2D eigenvalue weighted by atomic mass is 35.5. The van der Waals surface area contributed by atoms with Crippen LogP contribution in [0.4, 0.5) is 4.39 Å². The second kappa shape index (κ2) is 4.63. The average molecular weight is 254 g/mol. The van der Waals surface area contributed by atoms with E-state index in [0.29, 0.717) is 0 Å². The third kappa shape index (κ3) is 2.94. The molecule has 0 aliphatic heterocycles. The number of halogens is 3. The SMILES string of the molecule is CC(Oc1nc(F)c(Cl)cc1Cl)C(=O)O. The highest BCUT2D eigenvalue weighted by Gasteiger charge is 2.17. The van der Waals surface area contributed by atoms with Crippen molar-refractivity contribution in [1.29, 1.82) is 0 Å². The molecule has 0 fully saturated rings. The van der Waals surface area contributed by atoms with E-state index in [2.05, 4.69) is 4.98 Å². The number of carboxylic acids is 1. The lowest BCUT2D eigenvalue weighted by Crippen LogP contribution is -2.23. The number of aromatic nitrogens is 1. The Hall–Kier alpha value is -1.07. The Balaban J connectivity index is 2.95. The second-order valence-corrected chi connectivity index (χ2v) is 3.46. The Morgan fingerprint density at radius 2 is 2.20 bits per heavy atom. The molecule has 1 atom stereocenters. The van der Waals surface area contributed by atoms with Crippen LogP contribution < -0.4 is 4.74 Å². The van der Waals surface area contributed by atoms with E-state index in [0.717, 1.165) is 6.07 Å². The first-order chi connectivity index (χ1) is 6.91. The number of pyridine rings is 1. The van der Waals surface area contributed by atoms with Gasteiger partial charge in [-0.25, -0.2) is 4.79 Å². The van der Waals surface area contributed by atoms with Crippen LogP contribution in [0, 0.1) is 5.95 Å². The summed E-state index contributed by atoms with van der Waals surface area (Å²) < 4.78 is 17.7. The molecular weight excluding hydrogens is 248 g/mol. The highest BCUT2D eigenvalue weighted by Crippen LogP contribution is 2.27. The minimum absolute atomic E-state index is 0.0468. The zero-order valence-electron chi connectivity index (χ0n) is 7.50. The first kappa shape index (κ1) is 12.0. The van der Waals surface area contributed by atoms with E-state index in [1.165, 1.54) is 6.92 Å². The number of carbonyl (C=O) groups is 1. The fraction of sp³-hybridized carbons (Fsp3) is 0.250. The molecule has 0 saturated heterocycles. The smallest absolute Gasteiger partial charge is 0.344 e. The molecule has 1 aromatic heterocycles. The standard InChI is InChI=1S/C8H6Cl2FNO3/c1-3(8(13)14)15-7-5(10)2-4(9)6(11)12-7/h2-3H,1H3,(H,13,14). The molecule has 4 nitrogen and oxygen atoms in total. The van der Waals surface area contributed by atoms with Crippen molar-refractivity contribution < 1.29 is 19.0 Å². The summed E-state index contributed by atoms with van der Waals surface area (Å²) in [5.74, 6) is -2.47. The predicted octanol–water partition coefficient (Wildman–Crippen LogP) is 2.38. The number of hydrogen-bond donors (Lipinski definition) is 1. The quantitative estimate of drug-likeness (QED) is 0.841. The van der Waals surface area contributed by atoms with Crippen LogP contribution in [0.5, 0.6) is 5.88 Å². The van der Waals surface area contributed by atoms with E-state index in [4.69, 9.17) is 33.0 Å². The molecular formula is C8H6Cl2FNO3. The Morgan fingerprint density at radius 3 is 2.73 bits per heavy atom. The first-order valence-corrected chi connectivity index (χ1v) is 4.58. The van der Waals surface area contributed by atoms with Gasteiger partial charge in [-0.2, -0.15) is 9.37 Å². The lowest BCUT2D eigenvalue weighted by molar-refractivity contribution is -0.144. The van der Waals surface area contributed by atoms with Gasteiger partial charge in [0.1, 0.15) is 5.02 Å². The van der Waals surface area contributed by atoms with Crippen molar-refractivity contribution in [3.8, 4) is 5.88 Å². The third-order valence-corrected chi connectivity index (χ3v) is 2.03. The van der Waals surface area contributed by atoms with E-state index in [1.807, 2.05) is 0 Å². The fourth-order valence-electron chi connectivity index (χ4n) is 0.729. The highest BCUT2D eigenvalue weighted by molar-refractivity contribution is 6.35. The molecule has 82 valence electrons. The van der Waals surface area contributed by atoms with Crippen LogP contribution in [0.2, 0.25) is 10.0 Å². The minimum atomic E-state index is -1.21. The van der Waals surface area contributed by atoms with Crippen LogP contribution in [0.3, 0.4) is 0 Å². The zero-order chi connectivity index (χ0) is 11.6. The molecule has 0 aliphatic rings. The van der Waals surface area contributed by atoms with Gasteiger partial charge in [-0.15, -0.1) is 0 Å². The van der Waals surface area contributed by atoms with Gasteiger partial charge in [0.15, 0.2) is 6.10 Å². The van der Waals surface area contributed by atoms with Crippen molar-refractivity contribution in [3.63, 3.8) is 0 Å². The van der Waals surface area contributed by atoms with Gasteiger partial charge in [0.25, 0.3) is 0 Å². The molecule has 1 rings (SSSR count). The average Bonchev–Trinajstić information content (AvgIpc) is 2.13. The van der Waals surface area contributed by atoms with Crippen molar-refractivity contribution >= 4 is 29.2 Å². The number of ether oxygens (including phenoxy) is 1. The van der Waals surface area contributed by atoms with Crippen molar-refractivity contribution in [3.05, 3.63) is 22.1 Å². The molecule has 15 heavy (non-hydrogen) atoms. The number of rotatable bonds is 3. The molecule has 1 N–H and O–H groups in total. The number of aliphatic carboxylic acids is 1. The summed E-state index contributed by atoms with van der Waals surface area (Å²) in [7, 11) is 0. The summed E-state index contributed by atoms with van der Waals surface area (Å²) in [6.07, 6.45) is -1.17. The van der Waals surface area contributed by atoms with Crippen molar-refractivity contribution in [2.75, 3.05) is 0 Å². The molecule has 0 spiro atoms. The van der Waals surface area contributed by atoms with E-state index < -0.39 is 18.0 Å². The molecule has 1 unspecified atom stereocenters. The topological polar surface area (TPSA) is 59.4 Å². The van der Waals surface area contributed by atoms with Crippen LogP contribution in [0.25, 0.3) is 0 Å². The molecule has 1 aromatic rings. The number of nitrogens with zero attached hydrogens (tertiary/aromatic N) is 1. The van der Waals surface area contributed by atoms with Crippen LogP contribution >= 0.6 is 23.2 Å². The van der Waals surface area contributed by atoms with E-state index in [1.54, 1.807) is 0 Å². The van der Waals surface area contributed by atoms with Crippen LogP contribution in [-0.4, -0.2) is 22.2 Å². The molecule has 0 aromatic carbocycles. The molecule has 0 radical (unpaired) electrons. The molecule has 0 bridgehead atoms. The van der Waals surface area contributed by atoms with Gasteiger partial charge in [-0.3, -0.25) is 0 Å². The van der Waals surface area contributed by atoms with E-state index in [-0.39, 0.29) is 15.9 Å². The summed E-state index contributed by atoms with van der Waals surface area (Å²) in [6, 6.07) is 1.09. The molecule has 7 heteroatoms. The van der Waals surface area contributed by atoms with E-state index >= 15 is 0 Å². The van der Waals surface area contributed by atoms with Gasteiger partial charge in [0.2, 0.25) is 11.8 Å². The summed E-state index contributed by atoms with van der Waals surface area (Å²) >= 11 is 11.0. The fourth-order valence-corrected chi connectivity index (χ4v) is 1.13. The summed E-state index contributed by atoms with van der Waals surface area (Å²) in [5, 5.41) is 8.24. The maximum absolute atomic E-state index is 12.9. The Kier molecular flexibility index (Phi) is 3.71.